The molecule has 1 fully saturated rings. The largest absolute Gasteiger partial charge is 0.507 e. The number of phenols is 1. The van der Waals surface area contributed by atoms with Crippen LogP contribution in [-0.4, -0.2) is 28.8 Å². The van der Waals surface area contributed by atoms with Gasteiger partial charge < -0.3 is 14.7 Å². The van der Waals surface area contributed by atoms with Gasteiger partial charge in [-0.15, -0.1) is 0 Å². The van der Waals surface area contributed by atoms with E-state index >= 15 is 0 Å². The van der Waals surface area contributed by atoms with E-state index in [1.165, 1.54) is 24.0 Å². The van der Waals surface area contributed by atoms with Crippen molar-refractivity contribution in [3.05, 3.63) is 45.6 Å². The van der Waals surface area contributed by atoms with Gasteiger partial charge in [-0.3, -0.25) is 0 Å². The van der Waals surface area contributed by atoms with Crippen LogP contribution in [0, 0.1) is 40.5 Å². The Labute approximate surface area is 174 Å². The number of ether oxygens (including phenoxy) is 1. The van der Waals surface area contributed by atoms with E-state index in [0.29, 0.717) is 5.75 Å². The van der Waals surface area contributed by atoms with Crippen molar-refractivity contribution in [2.75, 3.05) is 18.0 Å². The smallest absolute Gasteiger partial charge is 0.129 e. The van der Waals surface area contributed by atoms with Gasteiger partial charge in [0.25, 0.3) is 0 Å². The minimum Gasteiger partial charge on any atom is -0.507 e. The van der Waals surface area contributed by atoms with Crippen LogP contribution in [0.3, 0.4) is 0 Å². The van der Waals surface area contributed by atoms with Crippen molar-refractivity contribution in [3.63, 3.8) is 0 Å². The predicted octanol–water partition coefficient (Wildman–Crippen LogP) is 5.33. The number of aryl methyl sites for hydroxylation is 2. The molecule has 2 aromatic rings. The van der Waals surface area contributed by atoms with Crippen LogP contribution in [-0.2, 0) is 6.42 Å². The van der Waals surface area contributed by atoms with Crippen LogP contribution in [0.5, 0.6) is 11.5 Å². The number of nitrogens with zero attached hydrogens (tertiary/aromatic N) is 2. The van der Waals surface area contributed by atoms with Crippen LogP contribution >= 0.6 is 0 Å². The summed E-state index contributed by atoms with van der Waals surface area (Å²) in [7, 11) is 0. The highest BCUT2D eigenvalue weighted by molar-refractivity contribution is 5.58. The molecule has 1 saturated carbocycles. The molecule has 1 aromatic heterocycles. The number of hydrogen-bond donors (Lipinski definition) is 1. The number of benzene rings is 1. The molecule has 0 spiro atoms. The van der Waals surface area contributed by atoms with E-state index in [0.717, 1.165) is 65.8 Å². The maximum absolute atomic E-state index is 10.5. The highest BCUT2D eigenvalue weighted by atomic mass is 16.5. The first kappa shape index (κ1) is 20.1. The number of rotatable bonds is 5. The molecule has 4 heteroatoms. The monoisotopic (exact) mass is 394 g/mol. The van der Waals surface area contributed by atoms with Crippen LogP contribution < -0.4 is 9.64 Å². The Bertz CT molecular complexity index is 928. The van der Waals surface area contributed by atoms with Gasteiger partial charge in [0, 0.05) is 17.8 Å². The van der Waals surface area contributed by atoms with Crippen molar-refractivity contribution in [3.8, 4) is 11.5 Å². The van der Waals surface area contributed by atoms with Crippen LogP contribution in [0.15, 0.2) is 12.1 Å². The van der Waals surface area contributed by atoms with Crippen LogP contribution in [0.1, 0.15) is 59.7 Å². The van der Waals surface area contributed by atoms with Gasteiger partial charge in [-0.1, -0.05) is 0 Å². The van der Waals surface area contributed by atoms with Crippen molar-refractivity contribution >= 4 is 5.82 Å². The average Bonchev–Trinajstić information content (AvgIpc) is 3.47. The first-order valence-corrected chi connectivity index (χ1v) is 10.9. The number of aromatic nitrogens is 1. The molecule has 4 rings (SSSR count). The zero-order chi connectivity index (χ0) is 20.9. The normalized spacial score (nSPS) is 20.9. The van der Waals surface area contributed by atoms with Crippen molar-refractivity contribution in [2.45, 2.75) is 72.8 Å². The van der Waals surface area contributed by atoms with Gasteiger partial charge in [-0.2, -0.15) is 0 Å². The first-order chi connectivity index (χ1) is 13.7. The van der Waals surface area contributed by atoms with Gasteiger partial charge in [0.2, 0.25) is 0 Å². The summed E-state index contributed by atoms with van der Waals surface area (Å²) >= 11 is 0. The lowest BCUT2D eigenvalue weighted by molar-refractivity contribution is 0.0698. The second-order valence-electron chi connectivity index (χ2n) is 9.55. The van der Waals surface area contributed by atoms with E-state index in [9.17, 15) is 5.11 Å². The van der Waals surface area contributed by atoms with Crippen molar-refractivity contribution in [2.24, 2.45) is 5.92 Å². The summed E-state index contributed by atoms with van der Waals surface area (Å²) in [6, 6.07) is 4.34. The quantitative estimate of drug-likeness (QED) is 0.744. The molecule has 0 amide bonds. The molecule has 1 unspecified atom stereocenters. The maximum Gasteiger partial charge on any atom is 0.129 e. The number of aromatic hydroxyl groups is 1. The van der Waals surface area contributed by atoms with Crippen LogP contribution in [0.25, 0.3) is 0 Å². The highest BCUT2D eigenvalue weighted by Crippen LogP contribution is 2.44. The van der Waals surface area contributed by atoms with Crippen molar-refractivity contribution < 1.29 is 9.84 Å². The Morgan fingerprint density at radius 2 is 1.83 bits per heavy atom. The standard InChI is InChI=1S/C25H34N2O2/c1-15-11-16(2)26-22(12-15)27(13-20-7-8-20)14-25(6)10-9-21-19(5)23(28)17(3)18(4)24(21)29-25/h11-12,20,28H,7-10,13-14H2,1-6H3. The molecule has 1 aromatic carbocycles. The number of pyridine rings is 1. The Balaban J connectivity index is 1.65. The number of anilines is 1. The van der Waals surface area contributed by atoms with E-state index in [2.05, 4.69) is 44.7 Å². The molecule has 0 bridgehead atoms. The highest BCUT2D eigenvalue weighted by Gasteiger charge is 2.37. The third kappa shape index (κ3) is 3.94. The Morgan fingerprint density at radius 1 is 1.10 bits per heavy atom. The zero-order valence-electron chi connectivity index (χ0n) is 18.7. The van der Waals surface area contributed by atoms with Crippen molar-refractivity contribution in [1.82, 2.24) is 4.98 Å². The fourth-order valence-electron chi connectivity index (χ4n) is 4.64. The number of phenolic OH excluding ortho intramolecular Hbond substituents is 1. The summed E-state index contributed by atoms with van der Waals surface area (Å²) < 4.78 is 6.70. The van der Waals surface area contributed by atoms with E-state index in [1.807, 2.05) is 13.8 Å². The minimum atomic E-state index is -0.276. The fraction of sp³-hybridized carbons (Fsp3) is 0.560. The Hall–Kier alpha value is -2.23. The van der Waals surface area contributed by atoms with Crippen LogP contribution in [0.4, 0.5) is 5.82 Å². The number of hydrogen-bond acceptors (Lipinski definition) is 4. The second kappa shape index (κ2) is 7.23. The molecule has 29 heavy (non-hydrogen) atoms. The molecule has 4 nitrogen and oxygen atoms in total. The molecule has 1 N–H and O–H groups in total. The Morgan fingerprint density at radius 3 is 2.48 bits per heavy atom. The lowest BCUT2D eigenvalue weighted by Crippen LogP contribution is -2.48. The molecule has 1 aliphatic carbocycles. The summed E-state index contributed by atoms with van der Waals surface area (Å²) in [5.41, 5.74) is 6.17. The summed E-state index contributed by atoms with van der Waals surface area (Å²) in [5, 5.41) is 10.5. The van der Waals surface area contributed by atoms with Gasteiger partial charge in [0.05, 0.1) is 6.54 Å². The SMILES string of the molecule is Cc1cc(C)nc(N(CC2CC2)CC2(C)CCc3c(C)c(O)c(C)c(C)c3O2)c1. The lowest BCUT2D eigenvalue weighted by Gasteiger charge is -2.41. The molecule has 2 aliphatic rings. The minimum absolute atomic E-state index is 0.276. The summed E-state index contributed by atoms with van der Waals surface area (Å²) in [5.74, 6) is 3.25. The third-order valence-corrected chi connectivity index (χ3v) is 6.70. The van der Waals surface area contributed by atoms with Gasteiger partial charge in [0.15, 0.2) is 0 Å². The molecular weight excluding hydrogens is 360 g/mol. The second-order valence-corrected chi connectivity index (χ2v) is 9.55. The van der Waals surface area contributed by atoms with Gasteiger partial charge in [0.1, 0.15) is 22.9 Å². The van der Waals surface area contributed by atoms with Crippen LogP contribution in [0.2, 0.25) is 0 Å². The molecule has 156 valence electrons. The lowest BCUT2D eigenvalue weighted by atomic mass is 9.87. The average molecular weight is 395 g/mol. The van der Waals surface area contributed by atoms with E-state index in [4.69, 9.17) is 9.72 Å². The summed E-state index contributed by atoms with van der Waals surface area (Å²) in [4.78, 5) is 7.29. The summed E-state index contributed by atoms with van der Waals surface area (Å²) in [6.07, 6.45) is 4.51. The van der Waals surface area contributed by atoms with Gasteiger partial charge in [-0.25, -0.2) is 4.98 Å². The summed E-state index contributed by atoms with van der Waals surface area (Å²) in [6.45, 7) is 14.4. The molecule has 1 atom stereocenters. The first-order valence-electron chi connectivity index (χ1n) is 10.9. The molecule has 0 saturated heterocycles. The maximum atomic E-state index is 10.5. The van der Waals surface area contributed by atoms with E-state index < -0.39 is 0 Å². The topological polar surface area (TPSA) is 45.6 Å². The number of fused-ring (bicyclic) bond motifs is 1. The molecule has 0 radical (unpaired) electrons. The van der Waals surface area contributed by atoms with Crippen molar-refractivity contribution in [1.29, 1.82) is 0 Å². The van der Waals surface area contributed by atoms with E-state index in [-0.39, 0.29) is 5.60 Å². The molecule has 1 aliphatic heterocycles. The van der Waals surface area contributed by atoms with Gasteiger partial charge >= 0.3 is 0 Å². The molecular formula is C25H34N2O2. The third-order valence-electron chi connectivity index (χ3n) is 6.70. The fourth-order valence-corrected chi connectivity index (χ4v) is 4.64. The zero-order valence-corrected chi connectivity index (χ0v) is 18.7. The molecule has 2 heterocycles. The van der Waals surface area contributed by atoms with E-state index in [1.54, 1.807) is 0 Å². The van der Waals surface area contributed by atoms with Gasteiger partial charge in [-0.05, 0) is 108 Å². The predicted molar refractivity (Wildman–Crippen MR) is 118 cm³/mol. The Kier molecular flexibility index (Phi) is 5.00.